The van der Waals surface area contributed by atoms with Crippen LogP contribution in [0.5, 0.6) is 0 Å². The molecule has 0 atom stereocenters. The van der Waals surface area contributed by atoms with Crippen molar-refractivity contribution in [2.75, 3.05) is 45.9 Å². The van der Waals surface area contributed by atoms with Gasteiger partial charge in [0.1, 0.15) is 0 Å². The molecule has 0 spiro atoms. The summed E-state index contributed by atoms with van der Waals surface area (Å²) in [7, 11) is 0. The minimum Gasteiger partial charge on any atom is -0.379 e. The second kappa shape index (κ2) is 6.93. The summed E-state index contributed by atoms with van der Waals surface area (Å²) in [4.78, 5) is 13.8. The number of carbonyl (C=O) groups excluding carboxylic acids is 1. The van der Waals surface area contributed by atoms with E-state index in [2.05, 4.69) is 15.5 Å². The van der Waals surface area contributed by atoms with E-state index >= 15 is 0 Å². The lowest BCUT2D eigenvalue weighted by Crippen LogP contribution is -2.39. The van der Waals surface area contributed by atoms with Crippen molar-refractivity contribution in [3.8, 4) is 0 Å². The molecule has 5 heteroatoms. The summed E-state index contributed by atoms with van der Waals surface area (Å²) in [5.41, 5.74) is 0. The standard InChI is InChI=1S/C12H23N3O2/c16-12(14-11-2-3-11)10-13-4-1-5-15-6-8-17-9-7-15/h11,13H,1-10H2,(H,14,16). The Kier molecular flexibility index (Phi) is 5.22. The minimum atomic E-state index is 0.138. The van der Waals surface area contributed by atoms with Gasteiger partial charge in [-0.2, -0.15) is 0 Å². The van der Waals surface area contributed by atoms with Crippen LogP contribution in [-0.2, 0) is 9.53 Å². The largest absolute Gasteiger partial charge is 0.379 e. The van der Waals surface area contributed by atoms with Crippen LogP contribution >= 0.6 is 0 Å². The highest BCUT2D eigenvalue weighted by molar-refractivity contribution is 5.78. The molecule has 1 heterocycles. The van der Waals surface area contributed by atoms with Crippen LogP contribution in [0.2, 0.25) is 0 Å². The number of nitrogens with one attached hydrogen (secondary N) is 2. The van der Waals surface area contributed by atoms with E-state index in [-0.39, 0.29) is 5.91 Å². The zero-order valence-corrected chi connectivity index (χ0v) is 10.4. The monoisotopic (exact) mass is 241 g/mol. The van der Waals surface area contributed by atoms with E-state index in [1.807, 2.05) is 0 Å². The second-order valence-corrected chi connectivity index (χ2v) is 4.83. The van der Waals surface area contributed by atoms with Crippen LogP contribution in [0.1, 0.15) is 19.3 Å². The normalized spacial score (nSPS) is 21.4. The van der Waals surface area contributed by atoms with Crippen molar-refractivity contribution in [1.29, 1.82) is 0 Å². The molecule has 0 bridgehead atoms. The van der Waals surface area contributed by atoms with Crippen molar-refractivity contribution < 1.29 is 9.53 Å². The van der Waals surface area contributed by atoms with Gasteiger partial charge < -0.3 is 15.4 Å². The lowest BCUT2D eigenvalue weighted by atomic mass is 10.3. The summed E-state index contributed by atoms with van der Waals surface area (Å²) in [6, 6.07) is 0.470. The number of carbonyl (C=O) groups is 1. The zero-order valence-electron chi connectivity index (χ0n) is 10.4. The summed E-state index contributed by atoms with van der Waals surface area (Å²) in [5, 5.41) is 6.15. The molecule has 98 valence electrons. The number of ether oxygens (including phenoxy) is 1. The number of morpholine rings is 1. The maximum Gasteiger partial charge on any atom is 0.234 e. The van der Waals surface area contributed by atoms with Gasteiger partial charge in [0.2, 0.25) is 5.91 Å². The maximum atomic E-state index is 11.4. The molecule has 0 aromatic heterocycles. The maximum absolute atomic E-state index is 11.4. The van der Waals surface area contributed by atoms with Gasteiger partial charge in [-0.25, -0.2) is 0 Å². The fourth-order valence-electron chi connectivity index (χ4n) is 1.96. The third-order valence-electron chi connectivity index (χ3n) is 3.16. The van der Waals surface area contributed by atoms with E-state index < -0.39 is 0 Å². The van der Waals surface area contributed by atoms with Crippen molar-refractivity contribution in [1.82, 2.24) is 15.5 Å². The minimum absolute atomic E-state index is 0.138. The van der Waals surface area contributed by atoms with E-state index in [0.717, 1.165) is 58.7 Å². The quantitative estimate of drug-likeness (QED) is 0.594. The van der Waals surface area contributed by atoms with Crippen LogP contribution in [0.4, 0.5) is 0 Å². The SMILES string of the molecule is O=C(CNCCCN1CCOCC1)NC1CC1. The number of rotatable bonds is 7. The van der Waals surface area contributed by atoms with E-state index in [1.165, 1.54) is 0 Å². The smallest absolute Gasteiger partial charge is 0.234 e. The fourth-order valence-corrected chi connectivity index (χ4v) is 1.96. The van der Waals surface area contributed by atoms with Gasteiger partial charge in [0, 0.05) is 19.1 Å². The Morgan fingerprint density at radius 3 is 2.76 bits per heavy atom. The molecule has 1 aliphatic carbocycles. The van der Waals surface area contributed by atoms with Crippen LogP contribution in [0.3, 0.4) is 0 Å². The molecule has 17 heavy (non-hydrogen) atoms. The van der Waals surface area contributed by atoms with E-state index in [0.29, 0.717) is 12.6 Å². The van der Waals surface area contributed by atoms with Crippen molar-refractivity contribution in [2.24, 2.45) is 0 Å². The fraction of sp³-hybridized carbons (Fsp3) is 0.917. The molecular formula is C12H23N3O2. The van der Waals surface area contributed by atoms with E-state index in [9.17, 15) is 4.79 Å². The Morgan fingerprint density at radius 2 is 2.06 bits per heavy atom. The first-order valence-electron chi connectivity index (χ1n) is 6.65. The average Bonchev–Trinajstić information content (AvgIpc) is 3.14. The first-order chi connectivity index (χ1) is 8.34. The highest BCUT2D eigenvalue weighted by atomic mass is 16.5. The molecule has 2 aliphatic rings. The predicted octanol–water partition coefficient (Wildman–Crippen LogP) is -0.423. The zero-order chi connectivity index (χ0) is 11.9. The number of hydrogen-bond acceptors (Lipinski definition) is 4. The summed E-state index contributed by atoms with van der Waals surface area (Å²) in [6.45, 7) is 6.27. The van der Waals surface area contributed by atoms with Crippen LogP contribution in [0, 0.1) is 0 Å². The molecule has 1 saturated heterocycles. The van der Waals surface area contributed by atoms with Crippen molar-refractivity contribution in [3.05, 3.63) is 0 Å². The summed E-state index contributed by atoms with van der Waals surface area (Å²) in [6.07, 6.45) is 3.41. The number of hydrogen-bond donors (Lipinski definition) is 2. The van der Waals surface area contributed by atoms with Crippen molar-refractivity contribution in [2.45, 2.75) is 25.3 Å². The molecule has 1 aliphatic heterocycles. The van der Waals surface area contributed by atoms with Gasteiger partial charge in [0.25, 0.3) is 0 Å². The molecule has 1 amide bonds. The van der Waals surface area contributed by atoms with Crippen LogP contribution in [0.15, 0.2) is 0 Å². The molecular weight excluding hydrogens is 218 g/mol. The summed E-state index contributed by atoms with van der Waals surface area (Å²) in [5.74, 6) is 0.138. The Hall–Kier alpha value is -0.650. The number of amides is 1. The topological polar surface area (TPSA) is 53.6 Å². The molecule has 1 saturated carbocycles. The first kappa shape index (κ1) is 12.8. The second-order valence-electron chi connectivity index (χ2n) is 4.83. The highest BCUT2D eigenvalue weighted by Gasteiger charge is 2.22. The van der Waals surface area contributed by atoms with Gasteiger partial charge in [-0.1, -0.05) is 0 Å². The lowest BCUT2D eigenvalue weighted by molar-refractivity contribution is -0.120. The Balaban J connectivity index is 1.41. The van der Waals surface area contributed by atoms with Gasteiger partial charge in [-0.05, 0) is 32.4 Å². The molecule has 2 rings (SSSR count). The van der Waals surface area contributed by atoms with Crippen LogP contribution in [0.25, 0.3) is 0 Å². The molecule has 0 aromatic carbocycles. The summed E-state index contributed by atoms with van der Waals surface area (Å²) < 4.78 is 5.29. The van der Waals surface area contributed by atoms with Crippen molar-refractivity contribution in [3.63, 3.8) is 0 Å². The Labute approximate surface area is 103 Å². The highest BCUT2D eigenvalue weighted by Crippen LogP contribution is 2.18. The Bertz CT molecular complexity index is 238. The van der Waals surface area contributed by atoms with Gasteiger partial charge in [0.05, 0.1) is 19.8 Å². The van der Waals surface area contributed by atoms with Gasteiger partial charge in [-0.3, -0.25) is 9.69 Å². The molecule has 5 nitrogen and oxygen atoms in total. The van der Waals surface area contributed by atoms with Gasteiger partial charge >= 0.3 is 0 Å². The van der Waals surface area contributed by atoms with Gasteiger partial charge in [-0.15, -0.1) is 0 Å². The summed E-state index contributed by atoms with van der Waals surface area (Å²) >= 11 is 0. The lowest BCUT2D eigenvalue weighted by Gasteiger charge is -2.26. The molecule has 0 unspecified atom stereocenters. The molecule has 0 aromatic rings. The van der Waals surface area contributed by atoms with Crippen LogP contribution < -0.4 is 10.6 Å². The third kappa shape index (κ3) is 5.48. The molecule has 2 N–H and O–H groups in total. The molecule has 0 radical (unpaired) electrons. The van der Waals surface area contributed by atoms with Crippen molar-refractivity contribution >= 4 is 5.91 Å². The average molecular weight is 241 g/mol. The van der Waals surface area contributed by atoms with E-state index in [1.54, 1.807) is 0 Å². The van der Waals surface area contributed by atoms with Crippen LogP contribution in [-0.4, -0.2) is 62.8 Å². The number of nitrogens with zero attached hydrogens (tertiary/aromatic N) is 1. The van der Waals surface area contributed by atoms with Gasteiger partial charge in [0.15, 0.2) is 0 Å². The predicted molar refractivity (Wildman–Crippen MR) is 65.9 cm³/mol. The first-order valence-corrected chi connectivity index (χ1v) is 6.65. The Morgan fingerprint density at radius 1 is 1.29 bits per heavy atom. The van der Waals surface area contributed by atoms with E-state index in [4.69, 9.17) is 4.74 Å². The molecule has 2 fully saturated rings. The third-order valence-corrected chi connectivity index (χ3v) is 3.16.